The quantitative estimate of drug-likeness (QED) is 0.782. The molecule has 5 aliphatic heterocycles. The second-order valence-electron chi connectivity index (χ2n) is 11.2. The van der Waals surface area contributed by atoms with Crippen molar-refractivity contribution in [2.24, 2.45) is 46.3 Å². The summed E-state index contributed by atoms with van der Waals surface area (Å²) in [6.07, 6.45) is 8.72. The number of fused-ring (bicyclic) bond motifs is 1. The molecule has 4 aliphatic carbocycles. The molecule has 142 valence electrons. The van der Waals surface area contributed by atoms with Crippen LogP contribution < -0.4 is 0 Å². The Bertz CT molecular complexity index is 724. The van der Waals surface area contributed by atoms with Crippen molar-refractivity contribution in [1.82, 2.24) is 4.90 Å². The fourth-order valence-corrected chi connectivity index (χ4v) is 10.7. The lowest BCUT2D eigenvalue weighted by Crippen LogP contribution is -2.81. The molecule has 0 unspecified atom stereocenters. The van der Waals surface area contributed by atoms with E-state index in [2.05, 4.69) is 18.7 Å². The normalized spacial score (nSPS) is 66.8. The van der Waals surface area contributed by atoms with Crippen LogP contribution in [0.25, 0.3) is 0 Å². The first kappa shape index (κ1) is 15.3. The van der Waals surface area contributed by atoms with Gasteiger partial charge < -0.3 is 9.84 Å². The summed E-state index contributed by atoms with van der Waals surface area (Å²) in [4.78, 5) is 15.1. The van der Waals surface area contributed by atoms with Crippen LogP contribution in [0.4, 0.5) is 0 Å². The van der Waals surface area contributed by atoms with Crippen LogP contribution in [0.2, 0.25) is 0 Å². The number of nitrogens with zero attached hydrogens (tertiary/aromatic N) is 1. The van der Waals surface area contributed by atoms with Crippen LogP contribution in [0.5, 0.6) is 0 Å². The summed E-state index contributed by atoms with van der Waals surface area (Å²) in [7, 11) is 0. The highest BCUT2D eigenvalue weighted by Gasteiger charge is 2.88. The largest absolute Gasteiger partial charge is 0.481 e. The molecule has 0 aromatic rings. The van der Waals surface area contributed by atoms with Crippen molar-refractivity contribution >= 4 is 5.97 Å². The minimum absolute atomic E-state index is 0.0957. The number of aliphatic carboxylic acids is 1. The molecule has 4 heteroatoms. The SMILES string of the molecule is C[C@@H]1CN2[C@@H]3O[C@]45[C@@H]6CC[C@@H]4[C@H](C(=O)O)C[C@@]54[C@@H]2[C@@H]1CC[C@@]4(C)[C@@H]3CC6. The van der Waals surface area contributed by atoms with E-state index in [1.54, 1.807) is 0 Å². The molecule has 11 atom stereocenters. The van der Waals surface area contributed by atoms with Gasteiger partial charge in [0.2, 0.25) is 0 Å². The lowest BCUT2D eigenvalue weighted by molar-refractivity contribution is -0.392. The van der Waals surface area contributed by atoms with Gasteiger partial charge in [-0.25, -0.2) is 0 Å². The standard InChI is InChI=1S/C22H31NO3/c1-11-10-23-17-13(11)7-8-20(2)16-6-4-12-3-5-15-14(19(24)25)9-21(17,20)22(12,15)26-18(16)23/h11-18H,3-10H2,1-2H3,(H,24,25)/t11-,12-,13-,14-,15-,16-,17+,18-,20+,21+,22-/m1/s1. The van der Waals surface area contributed by atoms with Gasteiger partial charge in [0.1, 0.15) is 6.23 Å². The molecule has 6 bridgehead atoms. The van der Waals surface area contributed by atoms with Gasteiger partial charge in [-0.15, -0.1) is 0 Å². The first-order valence-corrected chi connectivity index (χ1v) is 11.1. The molecule has 0 aromatic heterocycles. The van der Waals surface area contributed by atoms with Crippen molar-refractivity contribution in [3.8, 4) is 0 Å². The van der Waals surface area contributed by atoms with Gasteiger partial charge in [0.15, 0.2) is 0 Å². The Morgan fingerprint density at radius 1 is 1.15 bits per heavy atom. The van der Waals surface area contributed by atoms with Gasteiger partial charge in [0, 0.05) is 29.8 Å². The average molecular weight is 357 g/mol. The third-order valence-electron chi connectivity index (χ3n) is 11.2. The van der Waals surface area contributed by atoms with Gasteiger partial charge in [0.25, 0.3) is 0 Å². The summed E-state index contributed by atoms with van der Waals surface area (Å²) in [5, 5.41) is 10.2. The average Bonchev–Trinajstić information content (AvgIpc) is 3.16. The van der Waals surface area contributed by atoms with E-state index < -0.39 is 5.97 Å². The van der Waals surface area contributed by atoms with E-state index in [4.69, 9.17) is 4.74 Å². The van der Waals surface area contributed by atoms with Gasteiger partial charge in [-0.05, 0) is 68.1 Å². The van der Waals surface area contributed by atoms with Gasteiger partial charge in [0.05, 0.1) is 11.5 Å². The molecule has 9 rings (SSSR count). The van der Waals surface area contributed by atoms with Crippen LogP contribution in [0.1, 0.15) is 58.8 Å². The van der Waals surface area contributed by atoms with E-state index in [9.17, 15) is 9.90 Å². The molecule has 2 spiro atoms. The van der Waals surface area contributed by atoms with Crippen LogP contribution in [0, 0.1) is 46.3 Å². The topological polar surface area (TPSA) is 49.8 Å². The zero-order chi connectivity index (χ0) is 17.6. The maximum atomic E-state index is 12.4. The Kier molecular flexibility index (Phi) is 2.47. The predicted molar refractivity (Wildman–Crippen MR) is 95.2 cm³/mol. The number of hydrogen-bond acceptors (Lipinski definition) is 3. The van der Waals surface area contributed by atoms with Gasteiger partial charge in [-0.1, -0.05) is 13.8 Å². The van der Waals surface area contributed by atoms with E-state index in [1.165, 1.54) is 38.6 Å². The molecule has 5 heterocycles. The number of carboxylic acid groups (broad SMARTS) is 1. The Morgan fingerprint density at radius 3 is 2.69 bits per heavy atom. The van der Waals surface area contributed by atoms with Crippen LogP contribution in [0.3, 0.4) is 0 Å². The molecule has 9 fully saturated rings. The highest BCUT2D eigenvalue weighted by atomic mass is 16.5. The van der Waals surface area contributed by atoms with Gasteiger partial charge in [-0.2, -0.15) is 0 Å². The van der Waals surface area contributed by atoms with Crippen molar-refractivity contribution in [2.75, 3.05) is 6.54 Å². The smallest absolute Gasteiger partial charge is 0.306 e. The Balaban J connectivity index is 1.56. The highest BCUT2D eigenvalue weighted by Crippen LogP contribution is 2.84. The molecular weight excluding hydrogens is 326 g/mol. The molecule has 9 aliphatic rings. The second kappa shape index (κ2) is 4.20. The third-order valence-corrected chi connectivity index (χ3v) is 11.2. The Labute approximate surface area is 155 Å². The number of piperidine rings is 1. The number of hydrogen-bond donors (Lipinski definition) is 1. The maximum absolute atomic E-state index is 12.4. The summed E-state index contributed by atoms with van der Waals surface area (Å²) in [6, 6.07) is 0.594. The molecule has 0 aromatic carbocycles. The monoisotopic (exact) mass is 357 g/mol. The molecule has 0 amide bonds. The Hall–Kier alpha value is -0.610. The fourth-order valence-electron chi connectivity index (χ4n) is 10.7. The number of rotatable bonds is 1. The zero-order valence-electron chi connectivity index (χ0n) is 16.0. The number of carboxylic acids is 1. The molecule has 1 N–H and O–H groups in total. The van der Waals surface area contributed by atoms with Crippen molar-refractivity contribution in [1.29, 1.82) is 0 Å². The Morgan fingerprint density at radius 2 is 1.92 bits per heavy atom. The van der Waals surface area contributed by atoms with E-state index in [0.717, 1.165) is 24.7 Å². The molecule has 4 saturated carbocycles. The predicted octanol–water partition coefficient (Wildman–Crippen LogP) is 3.36. The van der Waals surface area contributed by atoms with E-state index in [1.807, 2.05) is 0 Å². The van der Waals surface area contributed by atoms with Crippen LogP contribution in [0.15, 0.2) is 0 Å². The van der Waals surface area contributed by atoms with Crippen LogP contribution in [-0.2, 0) is 9.53 Å². The first-order valence-electron chi connectivity index (χ1n) is 11.1. The lowest BCUT2D eigenvalue weighted by Gasteiger charge is -2.76. The van der Waals surface area contributed by atoms with Crippen molar-refractivity contribution in [3.05, 3.63) is 0 Å². The van der Waals surface area contributed by atoms with E-state index in [-0.39, 0.29) is 29.1 Å². The molecule has 5 saturated heterocycles. The van der Waals surface area contributed by atoms with Crippen molar-refractivity contribution < 1.29 is 14.6 Å². The molecular formula is C22H31NO3. The fraction of sp³-hybridized carbons (Fsp3) is 0.955. The third kappa shape index (κ3) is 1.19. The van der Waals surface area contributed by atoms with Crippen molar-refractivity contribution in [3.63, 3.8) is 0 Å². The van der Waals surface area contributed by atoms with E-state index >= 15 is 0 Å². The van der Waals surface area contributed by atoms with Crippen LogP contribution in [-0.4, -0.2) is 40.4 Å². The first-order chi connectivity index (χ1) is 12.5. The molecule has 26 heavy (non-hydrogen) atoms. The highest BCUT2D eigenvalue weighted by molar-refractivity contribution is 5.72. The summed E-state index contributed by atoms with van der Waals surface area (Å²) in [6.45, 7) is 6.20. The summed E-state index contributed by atoms with van der Waals surface area (Å²) in [5.74, 6) is 2.29. The second-order valence-corrected chi connectivity index (χ2v) is 11.2. The van der Waals surface area contributed by atoms with E-state index in [0.29, 0.717) is 23.3 Å². The van der Waals surface area contributed by atoms with Crippen LogP contribution >= 0.6 is 0 Å². The zero-order valence-corrected chi connectivity index (χ0v) is 16.0. The summed E-state index contributed by atoms with van der Waals surface area (Å²) >= 11 is 0. The number of carbonyl (C=O) groups is 1. The summed E-state index contributed by atoms with van der Waals surface area (Å²) < 4.78 is 7.22. The van der Waals surface area contributed by atoms with Crippen molar-refractivity contribution in [2.45, 2.75) is 76.7 Å². The molecule has 0 radical (unpaired) electrons. The minimum Gasteiger partial charge on any atom is -0.481 e. The maximum Gasteiger partial charge on any atom is 0.306 e. The summed E-state index contributed by atoms with van der Waals surface area (Å²) in [5.41, 5.74) is 0.268. The minimum atomic E-state index is -0.542. The van der Waals surface area contributed by atoms with Gasteiger partial charge >= 0.3 is 5.97 Å². The number of ether oxygens (including phenoxy) is 1. The van der Waals surface area contributed by atoms with Gasteiger partial charge in [-0.3, -0.25) is 9.69 Å². The lowest BCUT2D eigenvalue weighted by atomic mass is 9.40. The molecule has 4 nitrogen and oxygen atoms in total.